The summed E-state index contributed by atoms with van der Waals surface area (Å²) in [6.07, 6.45) is -4.94. The number of hydrogen-bond donors (Lipinski definition) is 3. The van der Waals surface area contributed by atoms with Crippen LogP contribution in [-0.4, -0.2) is 34.4 Å². The number of hydrogen-bond acceptors (Lipinski definition) is 3. The van der Waals surface area contributed by atoms with Gasteiger partial charge in [-0.1, -0.05) is 12.1 Å². The monoisotopic (exact) mass is 297 g/mol. The van der Waals surface area contributed by atoms with Crippen molar-refractivity contribution in [2.24, 2.45) is 5.73 Å². The van der Waals surface area contributed by atoms with E-state index in [4.69, 9.17) is 20.7 Å². The molecule has 0 aliphatic rings. The molecule has 0 aliphatic heterocycles. The molecular formula is C11H11F4NO4. The zero-order chi connectivity index (χ0) is 15.9. The minimum atomic E-state index is -5.08. The molecule has 0 saturated carbocycles. The van der Waals surface area contributed by atoms with Crippen LogP contribution in [0.2, 0.25) is 0 Å². The largest absolute Gasteiger partial charge is 0.490 e. The van der Waals surface area contributed by atoms with Gasteiger partial charge in [-0.15, -0.1) is 0 Å². The molecule has 0 amide bonds. The van der Waals surface area contributed by atoms with E-state index in [0.29, 0.717) is 5.56 Å². The zero-order valence-corrected chi connectivity index (χ0v) is 9.89. The average molecular weight is 297 g/mol. The Morgan fingerprint density at radius 2 is 1.75 bits per heavy atom. The lowest BCUT2D eigenvalue weighted by atomic mass is 10.1. The molecule has 1 unspecified atom stereocenters. The van der Waals surface area contributed by atoms with E-state index in [1.807, 2.05) is 0 Å². The molecule has 0 saturated heterocycles. The predicted molar refractivity (Wildman–Crippen MR) is 59.4 cm³/mol. The van der Waals surface area contributed by atoms with E-state index in [1.54, 1.807) is 6.07 Å². The van der Waals surface area contributed by atoms with Crippen LogP contribution in [0.4, 0.5) is 17.6 Å². The van der Waals surface area contributed by atoms with Crippen LogP contribution in [0.1, 0.15) is 5.56 Å². The lowest BCUT2D eigenvalue weighted by Gasteiger charge is -2.05. The fraction of sp³-hybridized carbons (Fsp3) is 0.273. The summed E-state index contributed by atoms with van der Waals surface area (Å²) in [6.45, 7) is 0. The normalized spacial score (nSPS) is 12.1. The number of benzene rings is 1. The van der Waals surface area contributed by atoms with Gasteiger partial charge in [0.2, 0.25) is 0 Å². The van der Waals surface area contributed by atoms with Gasteiger partial charge in [-0.25, -0.2) is 9.18 Å². The Bertz CT molecular complexity index is 476. The van der Waals surface area contributed by atoms with Crippen molar-refractivity contribution in [3.63, 3.8) is 0 Å². The third-order valence-corrected chi connectivity index (χ3v) is 1.90. The number of nitrogens with two attached hydrogens (primary N) is 1. The van der Waals surface area contributed by atoms with Crippen molar-refractivity contribution in [1.82, 2.24) is 0 Å². The molecule has 0 aromatic heterocycles. The number of aliphatic carboxylic acids is 2. The van der Waals surface area contributed by atoms with E-state index in [9.17, 15) is 22.4 Å². The van der Waals surface area contributed by atoms with Crippen molar-refractivity contribution in [2.45, 2.75) is 18.6 Å². The highest BCUT2D eigenvalue weighted by Crippen LogP contribution is 2.13. The highest BCUT2D eigenvalue weighted by Gasteiger charge is 2.38. The van der Waals surface area contributed by atoms with Crippen molar-refractivity contribution in [3.8, 4) is 0 Å². The highest BCUT2D eigenvalue weighted by molar-refractivity contribution is 5.73. The molecule has 1 aromatic carbocycles. The molecular weight excluding hydrogens is 286 g/mol. The molecule has 0 radical (unpaired) electrons. The number of carboxylic acids is 2. The minimum Gasteiger partial charge on any atom is -0.480 e. The van der Waals surface area contributed by atoms with Crippen LogP contribution >= 0.6 is 0 Å². The average Bonchev–Trinajstić information content (AvgIpc) is 2.28. The summed E-state index contributed by atoms with van der Waals surface area (Å²) in [7, 11) is 0. The van der Waals surface area contributed by atoms with Gasteiger partial charge >= 0.3 is 18.1 Å². The van der Waals surface area contributed by atoms with Crippen LogP contribution in [0.5, 0.6) is 0 Å². The van der Waals surface area contributed by atoms with Gasteiger partial charge in [-0.3, -0.25) is 4.79 Å². The molecule has 0 heterocycles. The Kier molecular flexibility index (Phi) is 6.63. The number of rotatable bonds is 3. The molecule has 112 valence electrons. The van der Waals surface area contributed by atoms with E-state index < -0.39 is 24.2 Å². The maximum absolute atomic E-state index is 12.6. The molecule has 0 fully saturated rings. The summed E-state index contributed by atoms with van der Waals surface area (Å²) in [6, 6.07) is 4.78. The van der Waals surface area contributed by atoms with E-state index in [2.05, 4.69) is 0 Å². The first-order valence-corrected chi connectivity index (χ1v) is 5.07. The van der Waals surface area contributed by atoms with Gasteiger partial charge in [0.1, 0.15) is 11.9 Å². The lowest BCUT2D eigenvalue weighted by molar-refractivity contribution is -0.192. The summed E-state index contributed by atoms with van der Waals surface area (Å²) < 4.78 is 44.4. The second kappa shape index (κ2) is 7.43. The third kappa shape index (κ3) is 7.31. The summed E-state index contributed by atoms with van der Waals surface area (Å²) in [5.41, 5.74) is 5.87. The van der Waals surface area contributed by atoms with Crippen molar-refractivity contribution in [3.05, 3.63) is 35.6 Å². The van der Waals surface area contributed by atoms with Gasteiger partial charge in [0.05, 0.1) is 0 Å². The molecule has 0 bridgehead atoms. The van der Waals surface area contributed by atoms with Crippen molar-refractivity contribution >= 4 is 11.9 Å². The van der Waals surface area contributed by atoms with Gasteiger partial charge in [0.25, 0.3) is 0 Å². The van der Waals surface area contributed by atoms with Gasteiger partial charge in [0, 0.05) is 0 Å². The van der Waals surface area contributed by atoms with Gasteiger partial charge < -0.3 is 15.9 Å². The molecule has 0 spiro atoms. The number of carboxylic acid groups (broad SMARTS) is 2. The first-order valence-electron chi connectivity index (χ1n) is 5.07. The van der Waals surface area contributed by atoms with Crippen molar-refractivity contribution < 1.29 is 37.4 Å². The van der Waals surface area contributed by atoms with Gasteiger partial charge in [0.15, 0.2) is 0 Å². The molecule has 9 heteroatoms. The molecule has 1 rings (SSSR count). The van der Waals surface area contributed by atoms with Crippen molar-refractivity contribution in [1.29, 1.82) is 0 Å². The molecule has 0 aliphatic carbocycles. The van der Waals surface area contributed by atoms with Crippen LogP contribution in [0.15, 0.2) is 24.3 Å². The van der Waals surface area contributed by atoms with E-state index >= 15 is 0 Å². The summed E-state index contributed by atoms with van der Waals surface area (Å²) in [5.74, 6) is -4.22. The standard InChI is InChI=1S/C9H10FNO2.C2HF3O2/c10-7-3-1-2-6(4-7)5-8(11)9(12)13;3-2(4,5)1(6)7/h1-4,8H,5,11H2,(H,12,13);(H,6,7). The Labute approximate surface area is 110 Å². The topological polar surface area (TPSA) is 101 Å². The molecule has 5 nitrogen and oxygen atoms in total. The predicted octanol–water partition coefficient (Wildman–Crippen LogP) is 1.41. The van der Waals surface area contributed by atoms with E-state index in [1.165, 1.54) is 18.2 Å². The molecule has 1 aromatic rings. The summed E-state index contributed by atoms with van der Waals surface area (Å²) >= 11 is 0. The molecule has 1 atom stereocenters. The third-order valence-electron chi connectivity index (χ3n) is 1.90. The van der Waals surface area contributed by atoms with Gasteiger partial charge in [-0.05, 0) is 24.1 Å². The zero-order valence-electron chi connectivity index (χ0n) is 9.89. The SMILES string of the molecule is NC(Cc1cccc(F)c1)C(=O)O.O=C(O)C(F)(F)F. The van der Waals surface area contributed by atoms with Crippen LogP contribution < -0.4 is 5.73 Å². The number of alkyl halides is 3. The first kappa shape index (κ1) is 17.8. The second-order valence-corrected chi connectivity index (χ2v) is 3.58. The van der Waals surface area contributed by atoms with Crippen molar-refractivity contribution in [2.75, 3.05) is 0 Å². The Hall–Kier alpha value is -2.16. The highest BCUT2D eigenvalue weighted by atomic mass is 19.4. The summed E-state index contributed by atoms with van der Waals surface area (Å²) in [5, 5.41) is 15.6. The Balaban J connectivity index is 0.000000441. The Morgan fingerprint density at radius 1 is 1.25 bits per heavy atom. The second-order valence-electron chi connectivity index (χ2n) is 3.58. The smallest absolute Gasteiger partial charge is 0.480 e. The number of halogens is 4. The molecule has 20 heavy (non-hydrogen) atoms. The quantitative estimate of drug-likeness (QED) is 0.732. The van der Waals surface area contributed by atoms with Crippen LogP contribution in [0.3, 0.4) is 0 Å². The van der Waals surface area contributed by atoms with Gasteiger partial charge in [-0.2, -0.15) is 13.2 Å². The Morgan fingerprint density at radius 3 is 2.10 bits per heavy atom. The lowest BCUT2D eigenvalue weighted by Crippen LogP contribution is -2.32. The van der Waals surface area contributed by atoms with E-state index in [0.717, 1.165) is 0 Å². The maximum atomic E-state index is 12.6. The summed E-state index contributed by atoms with van der Waals surface area (Å²) in [4.78, 5) is 19.3. The number of carbonyl (C=O) groups is 2. The van der Waals surface area contributed by atoms with E-state index in [-0.39, 0.29) is 12.2 Å². The molecule has 4 N–H and O–H groups in total. The van der Waals surface area contributed by atoms with Crippen LogP contribution in [0.25, 0.3) is 0 Å². The maximum Gasteiger partial charge on any atom is 0.490 e. The first-order chi connectivity index (χ1) is 9.04. The fourth-order valence-corrected chi connectivity index (χ4v) is 1.01. The van der Waals surface area contributed by atoms with Crippen LogP contribution in [-0.2, 0) is 16.0 Å². The fourth-order valence-electron chi connectivity index (χ4n) is 1.01. The van der Waals surface area contributed by atoms with Crippen LogP contribution in [0, 0.1) is 5.82 Å². The minimum absolute atomic E-state index is 0.146.